The molecule has 0 amide bonds. The average molecular weight is 353 g/mol. The van der Waals surface area contributed by atoms with Crippen molar-refractivity contribution < 1.29 is 13.2 Å². The third kappa shape index (κ3) is 3.56. The second-order valence-electron chi connectivity index (χ2n) is 3.54. The van der Waals surface area contributed by atoms with E-state index in [1.54, 1.807) is 18.2 Å². The van der Waals surface area contributed by atoms with Crippen molar-refractivity contribution in [1.82, 2.24) is 0 Å². The van der Waals surface area contributed by atoms with Crippen LogP contribution in [-0.2, 0) is 10.0 Å². The average Bonchev–Trinajstić information content (AvgIpc) is 2.27. The number of halogens is 1. The van der Waals surface area contributed by atoms with Crippen LogP contribution in [0.2, 0.25) is 0 Å². The predicted molar refractivity (Wildman–Crippen MR) is 79.5 cm³/mol. The Morgan fingerprint density at radius 3 is 2.61 bits per heavy atom. The number of sulfonamides is 1. The Labute approximate surface area is 120 Å². The summed E-state index contributed by atoms with van der Waals surface area (Å²) in [5.74, 6) is 0.611. The van der Waals surface area contributed by atoms with Crippen LogP contribution in [0, 0.1) is 0 Å². The number of ether oxygens (including phenoxy) is 1. The summed E-state index contributed by atoms with van der Waals surface area (Å²) >= 11 is 7.95. The Morgan fingerprint density at radius 1 is 1.56 bits per heavy atom. The van der Waals surface area contributed by atoms with E-state index >= 15 is 0 Å². The highest BCUT2D eigenvalue weighted by Gasteiger charge is 2.23. The van der Waals surface area contributed by atoms with Gasteiger partial charge in [0.2, 0.25) is 10.0 Å². The maximum Gasteiger partial charge on any atom is 0.241 e. The van der Waals surface area contributed by atoms with Crippen molar-refractivity contribution in [3.8, 4) is 5.75 Å². The van der Waals surface area contributed by atoms with E-state index in [0.717, 1.165) is 0 Å². The zero-order valence-corrected chi connectivity index (χ0v) is 13.0. The first-order valence-electron chi connectivity index (χ1n) is 4.92. The van der Waals surface area contributed by atoms with Crippen LogP contribution in [0.5, 0.6) is 5.75 Å². The molecule has 0 saturated heterocycles. The van der Waals surface area contributed by atoms with Gasteiger partial charge in [0.15, 0.2) is 0 Å². The van der Waals surface area contributed by atoms with Gasteiger partial charge in [-0.1, -0.05) is 12.2 Å². The highest BCUT2D eigenvalue weighted by atomic mass is 79.9. The van der Waals surface area contributed by atoms with Gasteiger partial charge in [0, 0.05) is 5.69 Å². The van der Waals surface area contributed by atoms with Gasteiger partial charge in [-0.15, -0.1) is 0 Å². The number of nitrogens with one attached hydrogen (secondary N) is 1. The molecule has 5 nitrogen and oxygen atoms in total. The molecule has 1 unspecified atom stereocenters. The Hall–Kier alpha value is -0.860. The molecule has 0 spiro atoms. The number of nitrogens with two attached hydrogens (primary N) is 1. The first-order valence-corrected chi connectivity index (χ1v) is 7.67. The van der Waals surface area contributed by atoms with Gasteiger partial charge in [0.1, 0.15) is 11.0 Å². The normalized spacial score (nSPS) is 12.8. The Bertz CT molecular complexity index is 560. The highest BCUT2D eigenvalue weighted by Crippen LogP contribution is 2.28. The van der Waals surface area contributed by atoms with Gasteiger partial charge in [-0.3, -0.25) is 4.72 Å². The first kappa shape index (κ1) is 15.2. The van der Waals surface area contributed by atoms with Crippen molar-refractivity contribution in [1.29, 1.82) is 0 Å². The van der Waals surface area contributed by atoms with Crippen LogP contribution in [0.25, 0.3) is 0 Å². The van der Waals surface area contributed by atoms with Gasteiger partial charge >= 0.3 is 0 Å². The monoisotopic (exact) mass is 352 g/mol. The summed E-state index contributed by atoms with van der Waals surface area (Å²) in [6.07, 6.45) is 0. The van der Waals surface area contributed by atoms with Crippen LogP contribution in [0.15, 0.2) is 22.7 Å². The molecule has 0 bridgehead atoms. The Morgan fingerprint density at radius 2 is 2.17 bits per heavy atom. The van der Waals surface area contributed by atoms with Crippen molar-refractivity contribution in [2.75, 3.05) is 11.8 Å². The van der Waals surface area contributed by atoms with Gasteiger partial charge < -0.3 is 10.5 Å². The number of benzene rings is 1. The summed E-state index contributed by atoms with van der Waals surface area (Å²) in [4.78, 5) is -0.0740. The molecule has 0 fully saturated rings. The molecule has 1 rings (SSSR count). The van der Waals surface area contributed by atoms with Crippen LogP contribution >= 0.6 is 28.1 Å². The first-order chi connectivity index (χ1) is 8.27. The summed E-state index contributed by atoms with van der Waals surface area (Å²) < 4.78 is 31.9. The van der Waals surface area contributed by atoms with Crippen LogP contribution in [-0.4, -0.2) is 25.8 Å². The van der Waals surface area contributed by atoms with Crippen molar-refractivity contribution in [2.24, 2.45) is 5.73 Å². The molecule has 8 heteroatoms. The minimum atomic E-state index is -3.63. The smallest absolute Gasteiger partial charge is 0.241 e. The van der Waals surface area contributed by atoms with Gasteiger partial charge in [-0.25, -0.2) is 8.42 Å². The van der Waals surface area contributed by atoms with E-state index in [9.17, 15) is 8.42 Å². The van der Waals surface area contributed by atoms with E-state index in [2.05, 4.69) is 32.9 Å². The van der Waals surface area contributed by atoms with Crippen molar-refractivity contribution in [3.05, 3.63) is 22.7 Å². The lowest BCUT2D eigenvalue weighted by Gasteiger charge is -2.14. The number of hydrogen-bond donors (Lipinski definition) is 2. The van der Waals surface area contributed by atoms with Crippen molar-refractivity contribution in [2.45, 2.75) is 12.2 Å². The third-order valence-electron chi connectivity index (χ3n) is 2.28. The maximum atomic E-state index is 11.9. The topological polar surface area (TPSA) is 81.4 Å². The van der Waals surface area contributed by atoms with Crippen molar-refractivity contribution in [3.63, 3.8) is 0 Å². The molecule has 0 radical (unpaired) electrons. The maximum absolute atomic E-state index is 11.9. The minimum absolute atomic E-state index is 0.0740. The number of thiocarbonyl (C=S) groups is 1. The minimum Gasteiger partial charge on any atom is -0.496 e. The summed E-state index contributed by atoms with van der Waals surface area (Å²) in [5.41, 5.74) is 5.74. The molecule has 3 N–H and O–H groups in total. The lowest BCUT2D eigenvalue weighted by molar-refractivity contribution is 0.412. The van der Waals surface area contributed by atoms with E-state index in [1.165, 1.54) is 14.0 Å². The summed E-state index contributed by atoms with van der Waals surface area (Å²) in [5, 5.41) is -0.937. The second kappa shape index (κ2) is 5.85. The zero-order chi connectivity index (χ0) is 13.9. The largest absolute Gasteiger partial charge is 0.496 e. The highest BCUT2D eigenvalue weighted by molar-refractivity contribution is 9.10. The molecule has 1 atom stereocenters. The van der Waals surface area contributed by atoms with Crippen LogP contribution in [0.3, 0.4) is 0 Å². The van der Waals surface area contributed by atoms with E-state index in [-0.39, 0.29) is 4.99 Å². The molecule has 0 aliphatic rings. The van der Waals surface area contributed by atoms with Crippen LogP contribution in [0.1, 0.15) is 6.92 Å². The molecule has 0 aliphatic carbocycles. The lowest BCUT2D eigenvalue weighted by atomic mass is 10.3. The Kier molecular flexibility index (Phi) is 4.94. The molecular formula is C10H13BrN2O3S2. The zero-order valence-electron chi connectivity index (χ0n) is 9.81. The molecule has 1 aromatic carbocycles. The fourth-order valence-corrected chi connectivity index (χ4v) is 2.99. The molecule has 0 saturated carbocycles. The van der Waals surface area contributed by atoms with Gasteiger partial charge in [-0.05, 0) is 41.1 Å². The summed E-state index contributed by atoms with van der Waals surface area (Å²) in [6.45, 7) is 1.43. The van der Waals surface area contributed by atoms with Crippen molar-refractivity contribution >= 4 is 48.8 Å². The summed E-state index contributed by atoms with van der Waals surface area (Å²) in [6, 6.07) is 4.84. The number of methoxy groups -OCH3 is 1. The molecule has 1 aromatic rings. The number of anilines is 1. The lowest BCUT2D eigenvalue weighted by Crippen LogP contribution is -2.35. The van der Waals surface area contributed by atoms with E-state index in [4.69, 9.17) is 10.5 Å². The fraction of sp³-hybridized carbons (Fsp3) is 0.300. The quantitative estimate of drug-likeness (QED) is 0.790. The molecular weight excluding hydrogens is 340 g/mol. The molecule has 0 heterocycles. The Balaban J connectivity index is 2.98. The fourth-order valence-electron chi connectivity index (χ4n) is 1.14. The summed E-state index contributed by atoms with van der Waals surface area (Å²) in [7, 11) is -2.10. The van der Waals surface area contributed by atoms with Gasteiger partial charge in [0.25, 0.3) is 0 Å². The molecule has 100 valence electrons. The molecule has 0 aromatic heterocycles. The van der Waals surface area contributed by atoms with E-state index in [0.29, 0.717) is 15.9 Å². The van der Waals surface area contributed by atoms with Crippen LogP contribution < -0.4 is 15.2 Å². The SMILES string of the molecule is COc1ccc(NS(=O)(=O)C(C)C(N)=S)cc1Br. The van der Waals surface area contributed by atoms with Gasteiger partial charge in [0.05, 0.1) is 16.6 Å². The third-order valence-corrected chi connectivity index (χ3v) is 5.11. The molecule has 0 aliphatic heterocycles. The number of hydrogen-bond acceptors (Lipinski definition) is 4. The van der Waals surface area contributed by atoms with Crippen LogP contribution in [0.4, 0.5) is 5.69 Å². The predicted octanol–water partition coefficient (Wildman–Crippen LogP) is 1.87. The van der Waals surface area contributed by atoms with Gasteiger partial charge in [-0.2, -0.15) is 0 Å². The van der Waals surface area contributed by atoms with E-state index in [1.807, 2.05) is 0 Å². The second-order valence-corrected chi connectivity index (χ2v) is 6.87. The standard InChI is InChI=1S/C10H13BrN2O3S2/c1-6(10(12)17)18(14,15)13-7-3-4-9(16-2)8(11)5-7/h3-6,13H,1-2H3,(H2,12,17). The molecule has 18 heavy (non-hydrogen) atoms. The number of rotatable bonds is 5. The van der Waals surface area contributed by atoms with E-state index < -0.39 is 15.3 Å².